The van der Waals surface area contributed by atoms with E-state index in [2.05, 4.69) is 5.32 Å². The Labute approximate surface area is 120 Å². The first-order valence-electron chi connectivity index (χ1n) is 6.10. The highest BCUT2D eigenvalue weighted by molar-refractivity contribution is 5.53. The van der Waals surface area contributed by atoms with Crippen LogP contribution in [0.4, 0.5) is 20.2 Å². The third kappa shape index (κ3) is 3.20. The van der Waals surface area contributed by atoms with Crippen LogP contribution in [0.25, 0.3) is 0 Å². The van der Waals surface area contributed by atoms with E-state index in [1.807, 2.05) is 0 Å². The van der Waals surface area contributed by atoms with E-state index in [0.29, 0.717) is 17.0 Å². The molecule has 0 spiro atoms. The molecule has 2 aromatic carbocycles. The highest BCUT2D eigenvalue weighted by atomic mass is 19.1. The first-order valence-corrected chi connectivity index (χ1v) is 6.10. The Hall–Kier alpha value is -2.81. The van der Waals surface area contributed by atoms with Crippen molar-refractivity contribution in [3.8, 4) is 11.8 Å². The zero-order valence-electron chi connectivity index (χ0n) is 11.3. The van der Waals surface area contributed by atoms with Crippen molar-refractivity contribution in [3.63, 3.8) is 0 Å². The van der Waals surface area contributed by atoms with Crippen LogP contribution in [0.3, 0.4) is 0 Å². The predicted molar refractivity (Wildman–Crippen MR) is 75.8 cm³/mol. The molecule has 0 bridgehead atoms. The van der Waals surface area contributed by atoms with Gasteiger partial charge in [-0.05, 0) is 30.3 Å². The monoisotopic (exact) mass is 289 g/mol. The summed E-state index contributed by atoms with van der Waals surface area (Å²) >= 11 is 0. The number of methoxy groups -OCH3 is 1. The summed E-state index contributed by atoms with van der Waals surface area (Å²) in [7, 11) is 1.50. The summed E-state index contributed by atoms with van der Waals surface area (Å²) in [6.45, 7) is 0.133. The second-order valence-electron chi connectivity index (χ2n) is 4.35. The second kappa shape index (κ2) is 6.09. The predicted octanol–water partition coefficient (Wildman–Crippen LogP) is 3.04. The maximum Gasteiger partial charge on any atom is 0.150 e. The molecule has 0 amide bonds. The van der Waals surface area contributed by atoms with Crippen molar-refractivity contribution >= 4 is 11.4 Å². The third-order valence-corrected chi connectivity index (χ3v) is 2.93. The van der Waals surface area contributed by atoms with Gasteiger partial charge in [-0.3, -0.25) is 0 Å². The number of hydrogen-bond acceptors (Lipinski definition) is 4. The summed E-state index contributed by atoms with van der Waals surface area (Å²) in [4.78, 5) is 0. The Morgan fingerprint density at radius 1 is 1.24 bits per heavy atom. The zero-order chi connectivity index (χ0) is 15.4. The summed E-state index contributed by atoms with van der Waals surface area (Å²) in [6, 6.07) is 8.65. The number of hydrogen-bond donors (Lipinski definition) is 2. The van der Waals surface area contributed by atoms with Crippen molar-refractivity contribution < 1.29 is 13.5 Å². The number of ether oxygens (including phenoxy) is 1. The highest BCUT2D eigenvalue weighted by Crippen LogP contribution is 2.25. The lowest BCUT2D eigenvalue weighted by Gasteiger charge is -2.12. The molecule has 0 radical (unpaired) electrons. The van der Waals surface area contributed by atoms with Crippen molar-refractivity contribution in [1.29, 1.82) is 5.26 Å². The van der Waals surface area contributed by atoms with Crippen molar-refractivity contribution in [3.05, 3.63) is 53.1 Å². The molecule has 0 saturated heterocycles. The fourth-order valence-electron chi connectivity index (χ4n) is 1.93. The molecule has 4 nitrogen and oxygen atoms in total. The standard InChI is InChI=1S/C15H13F2N3O/c1-21-14-3-2-11(19)6-10(14)8-20-15-12(16)4-9(7-18)5-13(15)17/h2-6,20H,8,19H2,1H3. The Morgan fingerprint density at radius 3 is 2.48 bits per heavy atom. The Morgan fingerprint density at radius 2 is 1.90 bits per heavy atom. The van der Waals surface area contributed by atoms with Gasteiger partial charge in [0.2, 0.25) is 0 Å². The normalized spacial score (nSPS) is 10.0. The van der Waals surface area contributed by atoms with Crippen molar-refractivity contribution in [2.45, 2.75) is 6.54 Å². The lowest BCUT2D eigenvalue weighted by molar-refractivity contribution is 0.410. The summed E-state index contributed by atoms with van der Waals surface area (Å²) in [6.07, 6.45) is 0. The average Bonchev–Trinajstić information content (AvgIpc) is 2.46. The summed E-state index contributed by atoms with van der Waals surface area (Å²) < 4.78 is 32.7. The number of nitrogens with zero attached hydrogens (tertiary/aromatic N) is 1. The molecule has 21 heavy (non-hydrogen) atoms. The Bertz CT molecular complexity index is 688. The zero-order valence-corrected chi connectivity index (χ0v) is 11.3. The number of nitrogen functional groups attached to an aromatic ring is 1. The molecular weight excluding hydrogens is 276 g/mol. The minimum atomic E-state index is -0.825. The van der Waals surface area contributed by atoms with Gasteiger partial charge in [0.1, 0.15) is 11.4 Å². The molecule has 0 fully saturated rings. The van der Waals surface area contributed by atoms with Gasteiger partial charge in [-0.15, -0.1) is 0 Å². The van der Waals surface area contributed by atoms with Gasteiger partial charge in [-0.25, -0.2) is 8.78 Å². The number of anilines is 2. The molecule has 2 rings (SSSR count). The molecule has 3 N–H and O–H groups in total. The van der Waals surface area contributed by atoms with Crippen LogP contribution in [-0.4, -0.2) is 7.11 Å². The van der Waals surface area contributed by atoms with Gasteiger partial charge in [0.15, 0.2) is 11.6 Å². The van der Waals surface area contributed by atoms with Crippen LogP contribution >= 0.6 is 0 Å². The van der Waals surface area contributed by atoms with E-state index < -0.39 is 11.6 Å². The quantitative estimate of drug-likeness (QED) is 0.849. The van der Waals surface area contributed by atoms with Crippen molar-refractivity contribution in [2.24, 2.45) is 0 Å². The van der Waals surface area contributed by atoms with Crippen LogP contribution in [0.5, 0.6) is 5.75 Å². The third-order valence-electron chi connectivity index (χ3n) is 2.93. The summed E-state index contributed by atoms with van der Waals surface area (Å²) in [5, 5.41) is 11.3. The van der Waals surface area contributed by atoms with E-state index in [0.717, 1.165) is 12.1 Å². The van der Waals surface area contributed by atoms with Crippen molar-refractivity contribution in [1.82, 2.24) is 0 Å². The van der Waals surface area contributed by atoms with Gasteiger partial charge in [-0.1, -0.05) is 0 Å². The fourth-order valence-corrected chi connectivity index (χ4v) is 1.93. The van der Waals surface area contributed by atoms with Gasteiger partial charge >= 0.3 is 0 Å². The maximum absolute atomic E-state index is 13.8. The van der Waals surface area contributed by atoms with Gasteiger partial charge in [0.05, 0.1) is 18.7 Å². The van der Waals surface area contributed by atoms with Gasteiger partial charge in [0.25, 0.3) is 0 Å². The molecule has 0 heterocycles. The smallest absolute Gasteiger partial charge is 0.150 e. The molecule has 0 atom stereocenters. The Kier molecular flexibility index (Phi) is 4.24. The van der Waals surface area contributed by atoms with Crippen molar-refractivity contribution in [2.75, 3.05) is 18.2 Å². The van der Waals surface area contributed by atoms with E-state index in [1.165, 1.54) is 7.11 Å². The van der Waals surface area contributed by atoms with Gasteiger partial charge in [0, 0.05) is 17.8 Å². The molecular formula is C15H13F2N3O. The SMILES string of the molecule is COc1ccc(N)cc1CNc1c(F)cc(C#N)cc1F. The van der Waals surface area contributed by atoms with Crippen LogP contribution in [0.15, 0.2) is 30.3 Å². The summed E-state index contributed by atoms with van der Waals surface area (Å²) in [5.74, 6) is -1.09. The molecule has 0 aliphatic heterocycles. The lowest BCUT2D eigenvalue weighted by atomic mass is 10.1. The minimum absolute atomic E-state index is 0.0721. The number of halogens is 2. The number of nitrogens with one attached hydrogen (secondary N) is 1. The van der Waals surface area contributed by atoms with Gasteiger partial charge in [-0.2, -0.15) is 5.26 Å². The molecule has 6 heteroatoms. The maximum atomic E-state index is 13.8. The number of benzene rings is 2. The number of nitrogens with two attached hydrogens (primary N) is 1. The first-order chi connectivity index (χ1) is 10.0. The second-order valence-corrected chi connectivity index (χ2v) is 4.35. The van der Waals surface area contributed by atoms with Crippen LogP contribution in [0.2, 0.25) is 0 Å². The summed E-state index contributed by atoms with van der Waals surface area (Å²) in [5.41, 5.74) is 6.51. The molecule has 0 saturated carbocycles. The fraction of sp³-hybridized carbons (Fsp3) is 0.133. The molecule has 0 unspecified atom stereocenters. The van der Waals surface area contributed by atoms with E-state index in [9.17, 15) is 8.78 Å². The van der Waals surface area contributed by atoms with Crippen LogP contribution < -0.4 is 15.8 Å². The molecule has 0 aliphatic rings. The number of rotatable bonds is 4. The van der Waals surface area contributed by atoms with Gasteiger partial charge < -0.3 is 15.8 Å². The van der Waals surface area contributed by atoms with E-state index in [1.54, 1.807) is 24.3 Å². The molecule has 108 valence electrons. The lowest BCUT2D eigenvalue weighted by Crippen LogP contribution is -2.06. The van der Waals surface area contributed by atoms with Crippen LogP contribution in [0, 0.1) is 23.0 Å². The highest BCUT2D eigenvalue weighted by Gasteiger charge is 2.12. The van der Waals surface area contributed by atoms with E-state index in [-0.39, 0.29) is 17.8 Å². The largest absolute Gasteiger partial charge is 0.496 e. The first kappa shape index (κ1) is 14.6. The average molecular weight is 289 g/mol. The topological polar surface area (TPSA) is 71.1 Å². The van der Waals surface area contributed by atoms with E-state index >= 15 is 0 Å². The molecule has 2 aromatic rings. The number of nitriles is 1. The minimum Gasteiger partial charge on any atom is -0.496 e. The van der Waals surface area contributed by atoms with Crippen LogP contribution in [-0.2, 0) is 6.54 Å². The molecule has 0 aromatic heterocycles. The van der Waals surface area contributed by atoms with E-state index in [4.69, 9.17) is 15.7 Å². The molecule has 0 aliphatic carbocycles. The van der Waals surface area contributed by atoms with Crippen LogP contribution in [0.1, 0.15) is 11.1 Å². The Balaban J connectivity index is 2.25.